The van der Waals surface area contributed by atoms with E-state index in [9.17, 15) is 9.13 Å². The molecule has 2 aliphatic carbocycles. The largest absolute Gasteiger partial charge is 0.330 e. The van der Waals surface area contributed by atoms with Crippen molar-refractivity contribution in [1.82, 2.24) is 0 Å². The fraction of sp³-hybridized carbons (Fsp3) is 1.00. The molecule has 2 aliphatic rings. The van der Waals surface area contributed by atoms with Gasteiger partial charge in [0.1, 0.15) is 0 Å². The van der Waals surface area contributed by atoms with Crippen molar-refractivity contribution in [3.63, 3.8) is 0 Å². The minimum atomic E-state index is -1.73. The molecule has 0 bridgehead atoms. The maximum absolute atomic E-state index is 10.8. The molecule has 4 nitrogen and oxygen atoms in total. The van der Waals surface area contributed by atoms with Crippen LogP contribution in [-0.2, 0) is 149 Å². The summed E-state index contributed by atoms with van der Waals surface area (Å²) in [7, 11) is -3.45. The van der Waals surface area contributed by atoms with E-state index >= 15 is 0 Å². The Balaban J connectivity index is -0.000000199. The van der Waals surface area contributed by atoms with Gasteiger partial charge in [-0.1, -0.05) is 41.5 Å². The van der Waals surface area contributed by atoms with Crippen LogP contribution in [0, 0.1) is 34.5 Å². The molecule has 0 spiro atoms. The summed E-state index contributed by atoms with van der Waals surface area (Å²) in [5.41, 5.74) is 0.884. The molecule has 2 rings (SSSR count). The third-order valence-electron chi connectivity index (χ3n) is 6.72. The van der Waals surface area contributed by atoms with Gasteiger partial charge in [0.15, 0.2) is 16.1 Å². The molecule has 0 aliphatic heterocycles. The molecule has 0 saturated heterocycles. The van der Waals surface area contributed by atoms with Crippen molar-refractivity contribution in [3.8, 4) is 0 Å². The van der Waals surface area contributed by atoms with Crippen molar-refractivity contribution in [2.24, 2.45) is 34.5 Å². The molecule has 0 amide bonds. The van der Waals surface area contributed by atoms with E-state index in [0.717, 1.165) is 11.8 Å². The van der Waals surface area contributed by atoms with E-state index in [2.05, 4.69) is 41.5 Å². The normalized spacial score (nSPS) is 30.1. The molecule has 6 unspecified atom stereocenters. The molecule has 0 aromatic heterocycles. The monoisotopic (exact) mass is 764 g/mol. The van der Waals surface area contributed by atoms with E-state index in [1.165, 1.54) is 25.7 Å². The SMILES string of the molecule is CC1CC(CO[PH](C)=O)CC1(C)C.CC1CC(CO[PH](C)=O)CC1(C)C.[Y].[Y].[Y].[Y]. The minimum Gasteiger partial charge on any atom is -0.330 e. The van der Waals surface area contributed by atoms with Crippen LogP contribution in [0.15, 0.2) is 0 Å². The predicted octanol–water partition coefficient (Wildman–Crippen LogP) is 6.35. The molecule has 2 saturated carbocycles. The molecule has 10 heteroatoms. The molecule has 0 N–H and O–H groups in total. The van der Waals surface area contributed by atoms with E-state index in [4.69, 9.17) is 9.05 Å². The van der Waals surface area contributed by atoms with Gasteiger partial charge in [0, 0.05) is 144 Å². The Kier molecular flexibility index (Phi) is 27.7. The first-order valence-corrected chi connectivity index (χ1v) is 13.7. The van der Waals surface area contributed by atoms with Crippen molar-refractivity contribution in [2.45, 2.75) is 67.2 Å². The summed E-state index contributed by atoms with van der Waals surface area (Å²) in [6, 6.07) is 0. The van der Waals surface area contributed by atoms with Crippen molar-refractivity contribution >= 4 is 16.1 Å². The Morgan fingerprint density at radius 3 is 1.13 bits per heavy atom. The minimum absolute atomic E-state index is 0. The number of hydrogen-bond donors (Lipinski definition) is 0. The van der Waals surface area contributed by atoms with E-state index < -0.39 is 16.1 Å². The summed E-state index contributed by atoms with van der Waals surface area (Å²) < 4.78 is 32.0. The quantitative estimate of drug-likeness (QED) is 0.296. The molecule has 6 atom stereocenters. The summed E-state index contributed by atoms with van der Waals surface area (Å²) in [4.78, 5) is 0. The van der Waals surface area contributed by atoms with E-state index in [0.29, 0.717) is 35.9 Å². The molecule has 168 valence electrons. The molecule has 0 aromatic carbocycles. The van der Waals surface area contributed by atoms with Gasteiger partial charge < -0.3 is 9.05 Å². The van der Waals surface area contributed by atoms with Gasteiger partial charge in [-0.2, -0.15) is 0 Å². The average molecular weight is 764 g/mol. The zero-order valence-electron chi connectivity index (χ0n) is 20.5. The van der Waals surface area contributed by atoms with Crippen LogP contribution in [-0.4, -0.2) is 26.5 Å². The molecule has 0 heterocycles. The van der Waals surface area contributed by atoms with Crippen molar-refractivity contribution < 1.29 is 149 Å². The number of rotatable bonds is 6. The van der Waals surface area contributed by atoms with E-state index in [-0.39, 0.29) is 131 Å². The van der Waals surface area contributed by atoms with Crippen molar-refractivity contribution in [3.05, 3.63) is 0 Å². The molecular weight excluding hydrogens is 722 g/mol. The first kappa shape index (κ1) is 41.9. The van der Waals surface area contributed by atoms with Crippen molar-refractivity contribution in [2.75, 3.05) is 26.5 Å². The van der Waals surface area contributed by atoms with Crippen LogP contribution in [0.4, 0.5) is 0 Å². The van der Waals surface area contributed by atoms with E-state index in [1.807, 2.05) is 0 Å². The van der Waals surface area contributed by atoms with Gasteiger partial charge in [-0.25, -0.2) is 0 Å². The maximum Gasteiger partial charge on any atom is 0.188 e. The second kappa shape index (κ2) is 19.8. The van der Waals surface area contributed by atoms with Gasteiger partial charge in [-0.3, -0.25) is 9.13 Å². The van der Waals surface area contributed by atoms with Gasteiger partial charge in [-0.05, 0) is 60.2 Å². The van der Waals surface area contributed by atoms with Crippen LogP contribution in [0.1, 0.15) is 67.2 Å². The summed E-state index contributed by atoms with van der Waals surface area (Å²) in [6.45, 7) is 18.6. The molecule has 30 heavy (non-hydrogen) atoms. The first-order chi connectivity index (χ1) is 11.8. The smallest absolute Gasteiger partial charge is 0.188 e. The molecule has 4 radical (unpaired) electrons. The Bertz CT molecular complexity index is 463. The van der Waals surface area contributed by atoms with Gasteiger partial charge in [-0.15, -0.1) is 0 Å². The summed E-state index contributed by atoms with van der Waals surface area (Å²) in [5.74, 6) is 2.78. The Morgan fingerprint density at radius 1 is 0.700 bits per heavy atom. The third-order valence-corrected chi connectivity index (χ3v) is 7.86. The first-order valence-electron chi connectivity index (χ1n) is 10.1. The predicted molar refractivity (Wildman–Crippen MR) is 113 cm³/mol. The Morgan fingerprint density at radius 2 is 0.967 bits per heavy atom. The Labute approximate surface area is 288 Å². The fourth-order valence-electron chi connectivity index (χ4n) is 4.42. The van der Waals surface area contributed by atoms with Gasteiger partial charge >= 0.3 is 0 Å². The third kappa shape index (κ3) is 16.5. The summed E-state index contributed by atoms with van der Waals surface area (Å²) in [5, 5.41) is 0. The van der Waals surface area contributed by atoms with E-state index in [1.54, 1.807) is 13.3 Å². The number of hydrogen-bond acceptors (Lipinski definition) is 4. The Hall–Kier alpha value is 4.80. The standard InChI is InChI=1S/2C10H21O2P.4Y/c2*1-8-5-9(6-10(8,2)3)7-12-13(4)11;;;;/h2*8-9,13H,5-7H2,1-4H3;;;;. The zero-order chi connectivity index (χ0) is 20.1. The second-order valence-corrected chi connectivity index (χ2v) is 12.5. The van der Waals surface area contributed by atoms with Crippen LogP contribution in [0.25, 0.3) is 0 Å². The van der Waals surface area contributed by atoms with Crippen LogP contribution >= 0.6 is 16.1 Å². The maximum atomic E-state index is 10.8. The average Bonchev–Trinajstić information content (AvgIpc) is 2.90. The summed E-state index contributed by atoms with van der Waals surface area (Å²) >= 11 is 0. The molecule has 0 aromatic rings. The fourth-order valence-corrected chi connectivity index (χ4v) is 5.36. The summed E-state index contributed by atoms with van der Waals surface area (Å²) in [6.07, 6.45) is 4.87. The zero-order valence-corrected chi connectivity index (χ0v) is 33.8. The second-order valence-electron chi connectivity index (χ2n) is 10.00. The topological polar surface area (TPSA) is 52.6 Å². The molecular formula is C20H42O4P2Y4. The van der Waals surface area contributed by atoms with Crippen LogP contribution in [0.2, 0.25) is 0 Å². The van der Waals surface area contributed by atoms with Crippen LogP contribution in [0.3, 0.4) is 0 Å². The molecule has 2 fully saturated rings. The van der Waals surface area contributed by atoms with Crippen LogP contribution < -0.4 is 0 Å². The van der Waals surface area contributed by atoms with Gasteiger partial charge in [0.2, 0.25) is 0 Å². The van der Waals surface area contributed by atoms with Crippen molar-refractivity contribution in [1.29, 1.82) is 0 Å². The van der Waals surface area contributed by atoms with Gasteiger partial charge in [0.25, 0.3) is 0 Å². The van der Waals surface area contributed by atoms with Gasteiger partial charge in [0.05, 0.1) is 13.2 Å². The van der Waals surface area contributed by atoms with Crippen LogP contribution in [0.5, 0.6) is 0 Å².